The number of rotatable bonds is 4. The molecule has 0 radical (unpaired) electrons. The third-order valence-corrected chi connectivity index (χ3v) is 6.25. The maximum absolute atomic E-state index is 13.1. The lowest BCUT2D eigenvalue weighted by molar-refractivity contribution is 0.0740. The van der Waals surface area contributed by atoms with Gasteiger partial charge in [-0.15, -0.1) is 0 Å². The first-order valence-electron chi connectivity index (χ1n) is 10.7. The van der Waals surface area contributed by atoms with Gasteiger partial charge in [-0.2, -0.15) is 0 Å². The highest BCUT2D eigenvalue weighted by Crippen LogP contribution is 2.24. The van der Waals surface area contributed by atoms with Crippen LogP contribution in [-0.2, 0) is 0 Å². The minimum absolute atomic E-state index is 0.00517. The van der Waals surface area contributed by atoms with Gasteiger partial charge >= 0.3 is 0 Å². The van der Waals surface area contributed by atoms with E-state index >= 15 is 0 Å². The SMILES string of the molecule is Cc1cc(C(=O)N2CCN(c3cccc(C)c3C)CC2)nc(NC2CCCC2)n1. The van der Waals surface area contributed by atoms with Gasteiger partial charge in [0.2, 0.25) is 5.95 Å². The van der Waals surface area contributed by atoms with E-state index in [9.17, 15) is 4.79 Å². The molecule has 1 aliphatic carbocycles. The highest BCUT2D eigenvalue weighted by atomic mass is 16.2. The van der Waals surface area contributed by atoms with Gasteiger partial charge in [-0.1, -0.05) is 25.0 Å². The zero-order valence-electron chi connectivity index (χ0n) is 17.7. The molecular weight excluding hydrogens is 362 g/mol. The average molecular weight is 394 g/mol. The molecule has 154 valence electrons. The molecule has 1 amide bonds. The van der Waals surface area contributed by atoms with Crippen molar-refractivity contribution in [1.29, 1.82) is 0 Å². The first-order chi connectivity index (χ1) is 14.0. The van der Waals surface area contributed by atoms with E-state index in [2.05, 4.69) is 52.2 Å². The van der Waals surface area contributed by atoms with E-state index in [4.69, 9.17) is 0 Å². The van der Waals surface area contributed by atoms with Crippen molar-refractivity contribution < 1.29 is 4.79 Å². The molecule has 1 saturated carbocycles. The Morgan fingerprint density at radius 3 is 2.48 bits per heavy atom. The lowest BCUT2D eigenvalue weighted by Crippen LogP contribution is -2.49. The van der Waals surface area contributed by atoms with Crippen molar-refractivity contribution >= 4 is 17.5 Å². The minimum Gasteiger partial charge on any atom is -0.368 e. The van der Waals surface area contributed by atoms with E-state index in [1.807, 2.05) is 11.8 Å². The van der Waals surface area contributed by atoms with Crippen LogP contribution in [-0.4, -0.2) is 53.0 Å². The van der Waals surface area contributed by atoms with Crippen LogP contribution < -0.4 is 10.2 Å². The summed E-state index contributed by atoms with van der Waals surface area (Å²) in [4.78, 5) is 26.4. The monoisotopic (exact) mass is 393 g/mol. The Balaban J connectivity index is 1.43. The number of nitrogens with zero attached hydrogens (tertiary/aromatic N) is 4. The van der Waals surface area contributed by atoms with Crippen molar-refractivity contribution in [1.82, 2.24) is 14.9 Å². The number of aromatic nitrogens is 2. The average Bonchev–Trinajstić information content (AvgIpc) is 3.22. The number of anilines is 2. The summed E-state index contributed by atoms with van der Waals surface area (Å²) in [6, 6.07) is 8.67. The van der Waals surface area contributed by atoms with Gasteiger partial charge in [-0.05, 0) is 56.9 Å². The number of piperazine rings is 1. The minimum atomic E-state index is 0.00517. The van der Waals surface area contributed by atoms with Gasteiger partial charge in [-0.3, -0.25) is 4.79 Å². The van der Waals surface area contributed by atoms with Crippen molar-refractivity contribution in [3.05, 3.63) is 46.8 Å². The Morgan fingerprint density at radius 2 is 1.76 bits per heavy atom. The highest BCUT2D eigenvalue weighted by molar-refractivity contribution is 5.93. The van der Waals surface area contributed by atoms with Gasteiger partial charge < -0.3 is 15.1 Å². The van der Waals surface area contributed by atoms with Crippen molar-refractivity contribution in [2.45, 2.75) is 52.5 Å². The number of hydrogen-bond acceptors (Lipinski definition) is 5. The van der Waals surface area contributed by atoms with Gasteiger partial charge in [0, 0.05) is 43.6 Å². The Bertz CT molecular complexity index is 883. The maximum Gasteiger partial charge on any atom is 0.272 e. The summed E-state index contributed by atoms with van der Waals surface area (Å²) in [6.45, 7) is 9.34. The van der Waals surface area contributed by atoms with E-state index in [0.717, 1.165) is 31.6 Å². The van der Waals surface area contributed by atoms with Gasteiger partial charge in [0.15, 0.2) is 0 Å². The zero-order chi connectivity index (χ0) is 20.4. The summed E-state index contributed by atoms with van der Waals surface area (Å²) in [5.74, 6) is 0.597. The Hall–Kier alpha value is -2.63. The fraction of sp³-hybridized carbons (Fsp3) is 0.522. The number of amides is 1. The van der Waals surface area contributed by atoms with Crippen LogP contribution in [0.5, 0.6) is 0 Å². The lowest BCUT2D eigenvalue weighted by atomic mass is 10.1. The Kier molecular flexibility index (Phi) is 5.69. The Labute approximate surface area is 173 Å². The summed E-state index contributed by atoms with van der Waals surface area (Å²) in [7, 11) is 0. The summed E-state index contributed by atoms with van der Waals surface area (Å²) >= 11 is 0. The Morgan fingerprint density at radius 1 is 1.03 bits per heavy atom. The highest BCUT2D eigenvalue weighted by Gasteiger charge is 2.25. The maximum atomic E-state index is 13.1. The van der Waals surface area contributed by atoms with E-state index in [-0.39, 0.29) is 5.91 Å². The fourth-order valence-electron chi connectivity index (χ4n) is 4.39. The third kappa shape index (κ3) is 4.36. The van der Waals surface area contributed by atoms with Crippen LogP contribution in [0.4, 0.5) is 11.6 Å². The van der Waals surface area contributed by atoms with E-state index < -0.39 is 0 Å². The number of benzene rings is 1. The summed E-state index contributed by atoms with van der Waals surface area (Å²) in [6.07, 6.45) is 4.81. The number of aryl methyl sites for hydroxylation is 2. The normalized spacial score (nSPS) is 17.6. The first-order valence-corrected chi connectivity index (χ1v) is 10.7. The molecule has 0 spiro atoms. The summed E-state index contributed by atoms with van der Waals surface area (Å²) < 4.78 is 0. The van der Waals surface area contributed by atoms with Gasteiger partial charge in [0.1, 0.15) is 5.69 Å². The molecule has 2 fully saturated rings. The molecule has 2 heterocycles. The van der Waals surface area contributed by atoms with Gasteiger partial charge in [0.05, 0.1) is 0 Å². The fourth-order valence-corrected chi connectivity index (χ4v) is 4.39. The van der Waals surface area contributed by atoms with Crippen molar-refractivity contribution in [3.8, 4) is 0 Å². The summed E-state index contributed by atoms with van der Waals surface area (Å²) in [5, 5.41) is 3.42. The van der Waals surface area contributed by atoms with Crippen molar-refractivity contribution in [2.75, 3.05) is 36.4 Å². The molecule has 0 bridgehead atoms. The topological polar surface area (TPSA) is 61.4 Å². The molecule has 0 unspecified atom stereocenters. The van der Waals surface area contributed by atoms with Crippen LogP contribution in [0.3, 0.4) is 0 Å². The number of carbonyl (C=O) groups excluding carboxylic acids is 1. The summed E-state index contributed by atoms with van der Waals surface area (Å²) in [5.41, 5.74) is 5.23. The van der Waals surface area contributed by atoms with E-state index in [1.54, 1.807) is 6.07 Å². The molecule has 2 aliphatic rings. The quantitative estimate of drug-likeness (QED) is 0.858. The molecule has 1 aromatic heterocycles. The number of hydrogen-bond donors (Lipinski definition) is 1. The predicted molar refractivity (Wildman–Crippen MR) is 117 cm³/mol. The smallest absolute Gasteiger partial charge is 0.272 e. The molecule has 1 saturated heterocycles. The second-order valence-electron chi connectivity index (χ2n) is 8.34. The number of nitrogens with one attached hydrogen (secondary N) is 1. The van der Waals surface area contributed by atoms with Crippen LogP contribution in [0.2, 0.25) is 0 Å². The molecule has 1 aliphatic heterocycles. The second-order valence-corrected chi connectivity index (χ2v) is 8.34. The molecule has 29 heavy (non-hydrogen) atoms. The molecule has 4 rings (SSSR count). The van der Waals surface area contributed by atoms with Crippen molar-refractivity contribution in [2.24, 2.45) is 0 Å². The molecular formula is C23H31N5O. The molecule has 1 aromatic carbocycles. The molecule has 6 heteroatoms. The van der Waals surface area contributed by atoms with Crippen LogP contribution in [0.1, 0.15) is 53.0 Å². The van der Waals surface area contributed by atoms with E-state index in [0.29, 0.717) is 30.8 Å². The van der Waals surface area contributed by atoms with Crippen LogP contribution >= 0.6 is 0 Å². The predicted octanol–water partition coefficient (Wildman–Crippen LogP) is 3.72. The second kappa shape index (κ2) is 8.39. The van der Waals surface area contributed by atoms with Crippen molar-refractivity contribution in [3.63, 3.8) is 0 Å². The molecule has 2 aromatic rings. The van der Waals surface area contributed by atoms with Crippen LogP contribution in [0, 0.1) is 20.8 Å². The zero-order valence-corrected chi connectivity index (χ0v) is 17.7. The van der Waals surface area contributed by atoms with Gasteiger partial charge in [0.25, 0.3) is 5.91 Å². The first kappa shape index (κ1) is 19.7. The molecule has 1 N–H and O–H groups in total. The third-order valence-electron chi connectivity index (χ3n) is 6.25. The molecule has 0 atom stereocenters. The molecule has 6 nitrogen and oxygen atoms in total. The van der Waals surface area contributed by atoms with E-state index in [1.165, 1.54) is 29.7 Å². The number of carbonyl (C=O) groups is 1. The van der Waals surface area contributed by atoms with Crippen LogP contribution in [0.15, 0.2) is 24.3 Å². The van der Waals surface area contributed by atoms with Crippen LogP contribution in [0.25, 0.3) is 0 Å². The van der Waals surface area contributed by atoms with Gasteiger partial charge in [-0.25, -0.2) is 9.97 Å². The standard InChI is InChI=1S/C23H31N5O/c1-16-7-6-10-21(18(16)3)27-11-13-28(14-12-27)22(29)20-15-17(2)24-23(26-20)25-19-8-4-5-9-19/h6-7,10,15,19H,4-5,8-9,11-14H2,1-3H3,(H,24,25,26). The lowest BCUT2D eigenvalue weighted by Gasteiger charge is -2.37. The largest absolute Gasteiger partial charge is 0.368 e.